The maximum atomic E-state index is 13.4. The van der Waals surface area contributed by atoms with Crippen LogP contribution in [0.4, 0.5) is 4.39 Å². The van der Waals surface area contributed by atoms with Gasteiger partial charge >= 0.3 is 0 Å². The molecule has 1 aliphatic heterocycles. The fourth-order valence-electron chi connectivity index (χ4n) is 2.57. The summed E-state index contributed by atoms with van der Waals surface area (Å²) in [6.07, 6.45) is 2.09. The van der Waals surface area contributed by atoms with Gasteiger partial charge in [-0.1, -0.05) is 24.9 Å². The highest BCUT2D eigenvalue weighted by atomic mass is 35.5. The normalized spacial score (nSPS) is 17.8. The van der Waals surface area contributed by atoms with E-state index in [0.29, 0.717) is 5.02 Å². The first-order chi connectivity index (χ1) is 8.72. The highest BCUT2D eigenvalue weighted by molar-refractivity contribution is 6.31. The van der Waals surface area contributed by atoms with E-state index in [0.717, 1.165) is 44.6 Å². The predicted molar refractivity (Wildman–Crippen MR) is 80.7 cm³/mol. The number of halogens is 3. The zero-order chi connectivity index (χ0) is 13.0. The molecule has 1 aromatic carbocycles. The van der Waals surface area contributed by atoms with Crippen molar-refractivity contribution in [1.82, 2.24) is 10.2 Å². The summed E-state index contributed by atoms with van der Waals surface area (Å²) in [6, 6.07) is 4.91. The number of nitrogens with zero attached hydrogens (tertiary/aromatic N) is 1. The van der Waals surface area contributed by atoms with Gasteiger partial charge in [0.2, 0.25) is 0 Å². The minimum Gasteiger partial charge on any atom is -0.314 e. The Bertz CT molecular complexity index is 395. The molecule has 0 aromatic heterocycles. The minimum atomic E-state index is -0.203. The molecular weight excluding hydrogens is 286 g/mol. The van der Waals surface area contributed by atoms with E-state index in [1.807, 2.05) is 0 Å². The largest absolute Gasteiger partial charge is 0.314 e. The number of hydrogen-bond acceptors (Lipinski definition) is 2. The van der Waals surface area contributed by atoms with Crippen molar-refractivity contribution in [3.63, 3.8) is 0 Å². The Kier molecular flexibility index (Phi) is 7.08. The molecule has 1 aliphatic rings. The third kappa shape index (κ3) is 4.32. The van der Waals surface area contributed by atoms with Crippen LogP contribution in [-0.4, -0.2) is 31.1 Å². The molecule has 0 saturated carbocycles. The predicted octanol–water partition coefficient (Wildman–Crippen LogP) is 3.65. The highest BCUT2D eigenvalue weighted by Crippen LogP contribution is 2.31. The summed E-state index contributed by atoms with van der Waals surface area (Å²) in [7, 11) is 0. The van der Waals surface area contributed by atoms with Gasteiger partial charge in [0.25, 0.3) is 0 Å². The molecule has 19 heavy (non-hydrogen) atoms. The lowest BCUT2D eigenvalue weighted by Gasteiger charge is -2.35. The van der Waals surface area contributed by atoms with E-state index in [1.165, 1.54) is 6.07 Å². The van der Waals surface area contributed by atoms with Gasteiger partial charge in [-0.3, -0.25) is 4.90 Å². The lowest BCUT2D eigenvalue weighted by Crippen LogP contribution is -2.45. The molecule has 2 nitrogen and oxygen atoms in total. The van der Waals surface area contributed by atoms with Gasteiger partial charge in [-0.2, -0.15) is 0 Å². The van der Waals surface area contributed by atoms with Gasteiger partial charge in [-0.15, -0.1) is 12.4 Å². The molecule has 0 aliphatic carbocycles. The van der Waals surface area contributed by atoms with Crippen molar-refractivity contribution in [3.8, 4) is 0 Å². The maximum absolute atomic E-state index is 13.4. The Morgan fingerprint density at radius 1 is 1.37 bits per heavy atom. The Hall–Kier alpha value is -0.350. The molecule has 1 N–H and O–H groups in total. The third-order valence-electron chi connectivity index (χ3n) is 3.47. The smallest absolute Gasteiger partial charge is 0.123 e. The quantitative estimate of drug-likeness (QED) is 0.913. The SMILES string of the molecule is CCC[C@H](c1cc(F)ccc1Cl)N1CCNCC1.Cl. The second-order valence-corrected chi connectivity index (χ2v) is 5.16. The van der Waals surface area contributed by atoms with Gasteiger partial charge in [-0.25, -0.2) is 4.39 Å². The summed E-state index contributed by atoms with van der Waals surface area (Å²) in [6.45, 7) is 6.14. The number of rotatable bonds is 4. The third-order valence-corrected chi connectivity index (χ3v) is 3.82. The standard InChI is InChI=1S/C14H20ClFN2.ClH/c1-2-3-14(18-8-6-17-7-9-18)12-10-11(16)4-5-13(12)15;/h4-5,10,14,17H,2-3,6-9H2,1H3;1H/t14-;/m1./s1. The molecule has 1 fully saturated rings. The molecule has 5 heteroatoms. The van der Waals surface area contributed by atoms with Crippen LogP contribution in [0.15, 0.2) is 18.2 Å². The molecule has 1 atom stereocenters. The number of piperazine rings is 1. The first kappa shape index (κ1) is 16.7. The van der Waals surface area contributed by atoms with Crippen LogP contribution in [0.1, 0.15) is 31.4 Å². The summed E-state index contributed by atoms with van der Waals surface area (Å²) >= 11 is 6.24. The first-order valence-electron chi connectivity index (χ1n) is 6.62. The van der Waals surface area contributed by atoms with E-state index in [-0.39, 0.29) is 24.3 Å². The second-order valence-electron chi connectivity index (χ2n) is 4.76. The van der Waals surface area contributed by atoms with Crippen LogP contribution in [0.3, 0.4) is 0 Å². The average Bonchev–Trinajstić information content (AvgIpc) is 2.40. The van der Waals surface area contributed by atoms with Gasteiger partial charge < -0.3 is 5.32 Å². The van der Waals surface area contributed by atoms with E-state index in [4.69, 9.17) is 11.6 Å². The van der Waals surface area contributed by atoms with Crippen molar-refractivity contribution in [2.75, 3.05) is 26.2 Å². The van der Waals surface area contributed by atoms with E-state index >= 15 is 0 Å². The van der Waals surface area contributed by atoms with Crippen molar-refractivity contribution < 1.29 is 4.39 Å². The van der Waals surface area contributed by atoms with Crippen molar-refractivity contribution in [3.05, 3.63) is 34.6 Å². The van der Waals surface area contributed by atoms with Crippen molar-refractivity contribution in [2.45, 2.75) is 25.8 Å². The molecule has 1 aromatic rings. The number of benzene rings is 1. The van der Waals surface area contributed by atoms with Crippen LogP contribution >= 0.6 is 24.0 Å². The van der Waals surface area contributed by atoms with Crippen LogP contribution < -0.4 is 5.32 Å². The van der Waals surface area contributed by atoms with Crippen molar-refractivity contribution >= 4 is 24.0 Å². The zero-order valence-electron chi connectivity index (χ0n) is 11.2. The fourth-order valence-corrected chi connectivity index (χ4v) is 2.82. The lowest BCUT2D eigenvalue weighted by atomic mass is 9.99. The monoisotopic (exact) mass is 306 g/mol. The van der Waals surface area contributed by atoms with Crippen molar-refractivity contribution in [1.29, 1.82) is 0 Å². The lowest BCUT2D eigenvalue weighted by molar-refractivity contribution is 0.164. The van der Waals surface area contributed by atoms with Crippen LogP contribution in [0.25, 0.3) is 0 Å². The van der Waals surface area contributed by atoms with Crippen molar-refractivity contribution in [2.24, 2.45) is 0 Å². The van der Waals surface area contributed by atoms with E-state index < -0.39 is 0 Å². The van der Waals surface area contributed by atoms with Crippen LogP contribution in [0.5, 0.6) is 0 Å². The molecule has 0 bridgehead atoms. The Balaban J connectivity index is 0.00000180. The molecule has 0 amide bonds. The summed E-state index contributed by atoms with van der Waals surface area (Å²) in [5, 5.41) is 4.01. The van der Waals surface area contributed by atoms with Crippen LogP contribution in [0, 0.1) is 5.82 Å². The second kappa shape index (κ2) is 8.05. The van der Waals surface area contributed by atoms with E-state index in [2.05, 4.69) is 17.1 Å². The molecule has 1 heterocycles. The first-order valence-corrected chi connectivity index (χ1v) is 7.00. The van der Waals surface area contributed by atoms with Gasteiger partial charge in [0.15, 0.2) is 0 Å². The van der Waals surface area contributed by atoms with Crippen LogP contribution in [-0.2, 0) is 0 Å². The summed E-state index contributed by atoms with van der Waals surface area (Å²) in [5.41, 5.74) is 0.931. The molecule has 108 valence electrons. The molecule has 2 rings (SSSR count). The maximum Gasteiger partial charge on any atom is 0.123 e. The molecular formula is C14H21Cl2FN2. The number of nitrogens with one attached hydrogen (secondary N) is 1. The fraction of sp³-hybridized carbons (Fsp3) is 0.571. The molecule has 0 unspecified atom stereocenters. The van der Waals surface area contributed by atoms with E-state index in [9.17, 15) is 4.39 Å². The summed E-state index contributed by atoms with van der Waals surface area (Å²) in [4.78, 5) is 2.40. The van der Waals surface area contributed by atoms with Crippen LogP contribution in [0.2, 0.25) is 5.02 Å². The van der Waals surface area contributed by atoms with Gasteiger partial charge in [0, 0.05) is 37.2 Å². The topological polar surface area (TPSA) is 15.3 Å². The van der Waals surface area contributed by atoms with Gasteiger partial charge in [0.1, 0.15) is 5.82 Å². The Labute approximate surface area is 125 Å². The molecule has 0 radical (unpaired) electrons. The Morgan fingerprint density at radius 2 is 2.05 bits per heavy atom. The summed E-state index contributed by atoms with van der Waals surface area (Å²) in [5.74, 6) is -0.203. The highest BCUT2D eigenvalue weighted by Gasteiger charge is 2.23. The Morgan fingerprint density at radius 3 is 2.68 bits per heavy atom. The minimum absolute atomic E-state index is 0. The van der Waals surface area contributed by atoms with E-state index in [1.54, 1.807) is 12.1 Å². The van der Waals surface area contributed by atoms with Gasteiger partial charge in [-0.05, 0) is 30.2 Å². The summed E-state index contributed by atoms with van der Waals surface area (Å²) < 4.78 is 13.4. The average molecular weight is 307 g/mol. The number of hydrogen-bond donors (Lipinski definition) is 1. The zero-order valence-corrected chi connectivity index (χ0v) is 12.7. The molecule has 0 spiro atoms. The molecule has 1 saturated heterocycles. The van der Waals surface area contributed by atoms with Gasteiger partial charge in [0.05, 0.1) is 0 Å².